The van der Waals surface area contributed by atoms with Crippen molar-refractivity contribution in [2.24, 2.45) is 0 Å². The molecule has 2 rings (SSSR count). The molecule has 0 unspecified atom stereocenters. The van der Waals surface area contributed by atoms with Crippen molar-refractivity contribution in [3.8, 4) is 0 Å². The van der Waals surface area contributed by atoms with Crippen molar-refractivity contribution in [1.29, 1.82) is 0 Å². The minimum Gasteiger partial charge on any atom is -0.257 e. The number of nitro groups is 2. The molecule has 0 aromatic heterocycles. The largest absolute Gasteiger partial charge is 0.377 e. The second kappa shape index (κ2) is 8.02. The highest BCUT2D eigenvalue weighted by Crippen LogP contribution is 2.25. The molecule has 10 heteroatoms. The van der Waals surface area contributed by atoms with Gasteiger partial charge in [0.25, 0.3) is 0 Å². The maximum absolute atomic E-state index is 12.4. The van der Waals surface area contributed by atoms with Crippen LogP contribution < -0.4 is 0 Å². The van der Waals surface area contributed by atoms with Crippen LogP contribution in [0.1, 0.15) is 64.2 Å². The summed E-state index contributed by atoms with van der Waals surface area (Å²) in [6.45, 7) is 0. The van der Waals surface area contributed by atoms with E-state index in [1.807, 2.05) is 0 Å². The zero-order valence-electron chi connectivity index (χ0n) is 13.5. The average Bonchev–Trinajstić information content (AvgIpc) is 2.56. The Hall–Kier alpha value is -2.26. The van der Waals surface area contributed by atoms with Gasteiger partial charge in [0.1, 0.15) is 0 Å². The Balaban J connectivity index is 2.17. The third-order valence-electron chi connectivity index (χ3n) is 4.79. The number of amides is 2. The van der Waals surface area contributed by atoms with Gasteiger partial charge in [-0.1, -0.05) is 38.5 Å². The summed E-state index contributed by atoms with van der Waals surface area (Å²) < 4.78 is 0. The monoisotopic (exact) mass is 342 g/mol. The minimum atomic E-state index is -1.41. The van der Waals surface area contributed by atoms with Gasteiger partial charge in [-0.2, -0.15) is 0 Å². The van der Waals surface area contributed by atoms with E-state index in [9.17, 15) is 29.8 Å². The molecular formula is C14H22N4O6. The predicted octanol–water partition coefficient (Wildman–Crippen LogP) is 1.69. The van der Waals surface area contributed by atoms with Gasteiger partial charge in [0.05, 0.1) is 12.1 Å². The first kappa shape index (κ1) is 18.1. The van der Waals surface area contributed by atoms with E-state index in [-0.39, 0.29) is 0 Å². The quantitative estimate of drug-likeness (QED) is 0.434. The van der Waals surface area contributed by atoms with Crippen molar-refractivity contribution in [3.63, 3.8) is 0 Å². The van der Waals surface area contributed by atoms with E-state index in [2.05, 4.69) is 0 Å². The Morgan fingerprint density at radius 2 is 0.958 bits per heavy atom. The van der Waals surface area contributed by atoms with Crippen molar-refractivity contribution in [3.05, 3.63) is 20.2 Å². The van der Waals surface area contributed by atoms with Gasteiger partial charge in [-0.15, -0.1) is 0 Å². The predicted molar refractivity (Wildman–Crippen MR) is 81.4 cm³/mol. The van der Waals surface area contributed by atoms with Gasteiger partial charge in [-0.25, -0.2) is 20.2 Å². The lowest BCUT2D eigenvalue weighted by Crippen LogP contribution is -2.56. The van der Waals surface area contributed by atoms with E-state index in [0.717, 1.165) is 38.5 Å². The molecule has 0 N–H and O–H groups in total. The van der Waals surface area contributed by atoms with Crippen LogP contribution in [0.25, 0.3) is 0 Å². The number of hydrogen-bond donors (Lipinski definition) is 0. The maximum Gasteiger partial charge on any atom is 0.377 e. The summed E-state index contributed by atoms with van der Waals surface area (Å²) in [5.74, 6) is -2.82. The summed E-state index contributed by atoms with van der Waals surface area (Å²) in [5.41, 5.74) is 0. The zero-order valence-corrected chi connectivity index (χ0v) is 13.5. The molecule has 10 nitrogen and oxygen atoms in total. The molecule has 0 aromatic carbocycles. The lowest BCUT2D eigenvalue weighted by atomic mass is 9.94. The molecule has 2 saturated carbocycles. The molecule has 0 saturated heterocycles. The first-order valence-corrected chi connectivity index (χ1v) is 8.39. The number of carbonyl (C=O) groups excluding carboxylic acids is 2. The van der Waals surface area contributed by atoms with Crippen LogP contribution in [0.5, 0.6) is 0 Å². The molecule has 2 aliphatic rings. The van der Waals surface area contributed by atoms with Gasteiger partial charge < -0.3 is 0 Å². The molecule has 24 heavy (non-hydrogen) atoms. The first-order valence-electron chi connectivity index (χ1n) is 8.39. The fourth-order valence-electron chi connectivity index (χ4n) is 3.59. The molecule has 0 atom stereocenters. The van der Waals surface area contributed by atoms with Crippen molar-refractivity contribution in [1.82, 2.24) is 10.0 Å². The summed E-state index contributed by atoms with van der Waals surface area (Å²) in [6.07, 6.45) is 6.51. The molecule has 2 fully saturated rings. The lowest BCUT2D eigenvalue weighted by Gasteiger charge is -2.28. The molecule has 0 spiro atoms. The van der Waals surface area contributed by atoms with Gasteiger partial charge >= 0.3 is 11.8 Å². The van der Waals surface area contributed by atoms with Crippen LogP contribution in [0.15, 0.2) is 0 Å². The van der Waals surface area contributed by atoms with Gasteiger partial charge in [0.2, 0.25) is 0 Å². The van der Waals surface area contributed by atoms with Crippen LogP contribution >= 0.6 is 0 Å². The topological polar surface area (TPSA) is 127 Å². The number of rotatable bonds is 4. The van der Waals surface area contributed by atoms with Crippen molar-refractivity contribution >= 4 is 11.8 Å². The van der Waals surface area contributed by atoms with Gasteiger partial charge in [0.15, 0.2) is 10.1 Å². The van der Waals surface area contributed by atoms with E-state index in [1.165, 1.54) is 0 Å². The summed E-state index contributed by atoms with van der Waals surface area (Å²) >= 11 is 0. The Labute approximate surface area is 139 Å². The zero-order chi connectivity index (χ0) is 17.7. The van der Waals surface area contributed by atoms with Gasteiger partial charge in [-0.05, 0) is 35.7 Å². The Morgan fingerprint density at radius 1 is 0.667 bits per heavy atom. The SMILES string of the molecule is O=C(C(=O)N(C1CCCCC1)[N+](=O)[O-])N(C1CCCCC1)[N+](=O)[O-]. The van der Waals surface area contributed by atoms with Crippen LogP contribution in [0, 0.1) is 20.2 Å². The molecule has 0 heterocycles. The second-order valence-electron chi connectivity index (χ2n) is 6.36. The smallest absolute Gasteiger partial charge is 0.257 e. The normalized spacial score (nSPS) is 19.5. The Morgan fingerprint density at radius 3 is 1.21 bits per heavy atom. The highest BCUT2D eigenvalue weighted by Gasteiger charge is 2.46. The van der Waals surface area contributed by atoms with Gasteiger partial charge in [-0.3, -0.25) is 9.59 Å². The number of nitrogens with zero attached hydrogens (tertiary/aromatic N) is 4. The molecule has 0 aromatic rings. The Kier molecular flexibility index (Phi) is 6.04. The summed E-state index contributed by atoms with van der Waals surface area (Å²) in [4.78, 5) is 47.3. The van der Waals surface area contributed by atoms with E-state index < -0.39 is 34.0 Å². The fraction of sp³-hybridized carbons (Fsp3) is 0.857. The Bertz CT molecular complexity index is 467. The number of carbonyl (C=O) groups is 2. The van der Waals surface area contributed by atoms with Crippen LogP contribution in [0.3, 0.4) is 0 Å². The van der Waals surface area contributed by atoms with E-state index in [0.29, 0.717) is 35.7 Å². The maximum atomic E-state index is 12.4. The molecule has 134 valence electrons. The molecule has 0 aliphatic heterocycles. The number of hydrogen-bond acceptors (Lipinski definition) is 6. The molecule has 0 bridgehead atoms. The molecule has 2 aliphatic carbocycles. The third-order valence-corrected chi connectivity index (χ3v) is 4.79. The van der Waals surface area contributed by atoms with Crippen molar-refractivity contribution in [2.45, 2.75) is 76.3 Å². The summed E-state index contributed by atoms with van der Waals surface area (Å²) in [7, 11) is 0. The van der Waals surface area contributed by atoms with Crippen LogP contribution in [0.2, 0.25) is 0 Å². The highest BCUT2D eigenvalue weighted by atomic mass is 16.7. The lowest BCUT2D eigenvalue weighted by molar-refractivity contribution is -0.651. The van der Waals surface area contributed by atoms with Crippen molar-refractivity contribution in [2.75, 3.05) is 0 Å². The van der Waals surface area contributed by atoms with Crippen LogP contribution in [-0.4, -0.2) is 44.0 Å². The van der Waals surface area contributed by atoms with Crippen molar-refractivity contribution < 1.29 is 19.7 Å². The van der Waals surface area contributed by atoms with Crippen LogP contribution in [-0.2, 0) is 9.59 Å². The molecule has 2 amide bonds. The third kappa shape index (κ3) is 3.98. The summed E-state index contributed by atoms with van der Waals surface area (Å²) in [6, 6.07) is -1.35. The van der Waals surface area contributed by atoms with E-state index in [1.54, 1.807) is 0 Å². The molecular weight excluding hydrogens is 320 g/mol. The van der Waals surface area contributed by atoms with Gasteiger partial charge in [0, 0.05) is 0 Å². The minimum absolute atomic E-state index is 0.306. The van der Waals surface area contributed by atoms with E-state index in [4.69, 9.17) is 0 Å². The highest BCUT2D eigenvalue weighted by molar-refractivity contribution is 6.34. The second-order valence-corrected chi connectivity index (χ2v) is 6.36. The first-order chi connectivity index (χ1) is 11.4. The number of hydrazine groups is 2. The summed E-state index contributed by atoms with van der Waals surface area (Å²) in [5, 5.41) is 21.4. The standard InChI is InChI=1S/C14H22N4O6/c19-13(15(17(21)22)11-7-3-1-4-8-11)14(20)16(18(23)24)12-9-5-2-6-10-12/h11-12H,1-10H2. The van der Waals surface area contributed by atoms with Crippen LogP contribution in [0.4, 0.5) is 0 Å². The molecule has 0 radical (unpaired) electrons. The van der Waals surface area contributed by atoms with E-state index >= 15 is 0 Å². The fourth-order valence-corrected chi connectivity index (χ4v) is 3.59. The average molecular weight is 342 g/mol.